The SMILES string of the molecule is [B]C(CCC)[n+]1ccccc1. The van der Waals surface area contributed by atoms with E-state index in [9.17, 15) is 0 Å². The minimum Gasteiger partial charge on any atom is -0.212 e. The predicted octanol–water partition coefficient (Wildman–Crippen LogP) is 1.44. The molecule has 0 aliphatic carbocycles. The van der Waals surface area contributed by atoms with E-state index in [1.165, 1.54) is 0 Å². The largest absolute Gasteiger partial charge is 0.212 e. The van der Waals surface area contributed by atoms with Gasteiger partial charge in [-0.2, -0.15) is 0 Å². The lowest BCUT2D eigenvalue weighted by Gasteiger charge is -2.03. The predicted molar refractivity (Wildman–Crippen MR) is 46.3 cm³/mol. The van der Waals surface area contributed by atoms with Gasteiger partial charge in [-0.25, -0.2) is 4.57 Å². The normalized spacial score (nSPS) is 12.8. The molecule has 2 radical (unpaired) electrons. The van der Waals surface area contributed by atoms with Crippen LogP contribution in [0.15, 0.2) is 30.6 Å². The molecule has 0 N–H and O–H groups in total. The maximum atomic E-state index is 5.87. The Labute approximate surface area is 69.5 Å². The van der Waals surface area contributed by atoms with Crippen LogP contribution in [-0.2, 0) is 0 Å². The molecule has 1 atom stereocenters. The van der Waals surface area contributed by atoms with E-state index in [-0.39, 0.29) is 5.94 Å². The molecule has 56 valence electrons. The molecule has 0 aromatic carbocycles. The Morgan fingerprint density at radius 1 is 1.27 bits per heavy atom. The minimum atomic E-state index is 0.140. The number of pyridine rings is 1. The van der Waals surface area contributed by atoms with Crippen molar-refractivity contribution in [3.05, 3.63) is 30.6 Å². The van der Waals surface area contributed by atoms with Gasteiger partial charge < -0.3 is 0 Å². The summed E-state index contributed by atoms with van der Waals surface area (Å²) in [5.41, 5.74) is 0. The quantitative estimate of drug-likeness (QED) is 0.448. The fourth-order valence-electron chi connectivity index (χ4n) is 1.08. The highest BCUT2D eigenvalue weighted by Crippen LogP contribution is 1.99. The molecule has 1 rings (SSSR count). The van der Waals surface area contributed by atoms with Crippen LogP contribution in [0.5, 0.6) is 0 Å². The van der Waals surface area contributed by atoms with Crippen LogP contribution in [-0.4, -0.2) is 7.85 Å². The molecule has 0 aliphatic heterocycles. The van der Waals surface area contributed by atoms with Crippen molar-refractivity contribution in [2.75, 3.05) is 0 Å². The molecule has 0 saturated carbocycles. The molecule has 1 aromatic heterocycles. The summed E-state index contributed by atoms with van der Waals surface area (Å²) in [6.45, 7) is 2.14. The summed E-state index contributed by atoms with van der Waals surface area (Å²) in [7, 11) is 5.87. The van der Waals surface area contributed by atoms with Gasteiger partial charge in [-0.15, -0.1) is 0 Å². The molecular formula is C9H13BN+. The lowest BCUT2D eigenvalue weighted by atomic mass is 9.92. The molecule has 1 heterocycles. The zero-order valence-electron chi connectivity index (χ0n) is 6.90. The van der Waals surface area contributed by atoms with Crippen molar-refractivity contribution >= 4 is 7.85 Å². The molecule has 1 aromatic rings. The molecule has 1 nitrogen and oxygen atoms in total. The van der Waals surface area contributed by atoms with Gasteiger partial charge in [0, 0.05) is 12.1 Å². The van der Waals surface area contributed by atoms with Gasteiger partial charge in [-0.3, -0.25) is 0 Å². The summed E-state index contributed by atoms with van der Waals surface area (Å²) < 4.78 is 2.03. The average molecular weight is 146 g/mol. The second kappa shape index (κ2) is 4.17. The standard InChI is InChI=1S/C9H13BN/c1-2-6-9(10)11-7-4-3-5-8-11/h3-5,7-9H,2,6H2,1H3/q+1. The Hall–Kier alpha value is -0.785. The first-order valence-corrected chi connectivity index (χ1v) is 4.06. The van der Waals surface area contributed by atoms with E-state index in [4.69, 9.17) is 7.85 Å². The third-order valence-electron chi connectivity index (χ3n) is 1.71. The van der Waals surface area contributed by atoms with Crippen molar-refractivity contribution in [3.8, 4) is 0 Å². The summed E-state index contributed by atoms with van der Waals surface area (Å²) in [6, 6.07) is 5.99. The fourth-order valence-corrected chi connectivity index (χ4v) is 1.08. The molecule has 0 fully saturated rings. The van der Waals surface area contributed by atoms with Gasteiger partial charge in [0.15, 0.2) is 20.2 Å². The summed E-state index contributed by atoms with van der Waals surface area (Å²) in [6.07, 6.45) is 6.17. The summed E-state index contributed by atoms with van der Waals surface area (Å²) >= 11 is 0. The maximum Gasteiger partial charge on any atom is 0.169 e. The van der Waals surface area contributed by atoms with Crippen LogP contribution in [0.3, 0.4) is 0 Å². The molecule has 0 amide bonds. The van der Waals surface area contributed by atoms with Gasteiger partial charge in [0.05, 0.1) is 0 Å². The van der Waals surface area contributed by atoms with Crippen LogP contribution in [0.1, 0.15) is 25.7 Å². The van der Waals surface area contributed by atoms with Gasteiger partial charge in [0.25, 0.3) is 0 Å². The van der Waals surface area contributed by atoms with Gasteiger partial charge in [0.1, 0.15) is 5.94 Å². The third-order valence-corrected chi connectivity index (χ3v) is 1.71. The van der Waals surface area contributed by atoms with Gasteiger partial charge >= 0.3 is 0 Å². The Morgan fingerprint density at radius 3 is 2.45 bits per heavy atom. The van der Waals surface area contributed by atoms with Crippen LogP contribution >= 0.6 is 0 Å². The maximum absolute atomic E-state index is 5.87. The van der Waals surface area contributed by atoms with Crippen molar-refractivity contribution in [3.63, 3.8) is 0 Å². The average Bonchev–Trinajstić information content (AvgIpc) is 2.07. The smallest absolute Gasteiger partial charge is 0.169 e. The second-order valence-electron chi connectivity index (χ2n) is 2.68. The number of hydrogen-bond acceptors (Lipinski definition) is 0. The Bertz CT molecular complexity index is 198. The first-order valence-electron chi connectivity index (χ1n) is 4.06. The Balaban J connectivity index is 2.61. The molecule has 11 heavy (non-hydrogen) atoms. The topological polar surface area (TPSA) is 3.88 Å². The summed E-state index contributed by atoms with van der Waals surface area (Å²) in [4.78, 5) is 0. The van der Waals surface area contributed by atoms with Gasteiger partial charge in [-0.1, -0.05) is 19.4 Å². The van der Waals surface area contributed by atoms with E-state index in [2.05, 4.69) is 6.92 Å². The zero-order valence-corrected chi connectivity index (χ0v) is 6.90. The van der Waals surface area contributed by atoms with Crippen molar-refractivity contribution in [1.82, 2.24) is 0 Å². The van der Waals surface area contributed by atoms with Gasteiger partial charge in [-0.05, 0) is 6.42 Å². The van der Waals surface area contributed by atoms with E-state index >= 15 is 0 Å². The lowest BCUT2D eigenvalue weighted by Crippen LogP contribution is -2.38. The van der Waals surface area contributed by atoms with Crippen LogP contribution in [0.4, 0.5) is 0 Å². The van der Waals surface area contributed by atoms with Crippen molar-refractivity contribution in [1.29, 1.82) is 0 Å². The highest BCUT2D eigenvalue weighted by atomic mass is 14.9. The molecule has 0 aliphatic rings. The number of aromatic nitrogens is 1. The van der Waals surface area contributed by atoms with E-state index in [1.54, 1.807) is 0 Å². The molecule has 0 saturated heterocycles. The highest BCUT2D eigenvalue weighted by molar-refractivity contribution is 6.09. The number of nitrogens with zero attached hydrogens (tertiary/aromatic N) is 1. The Kier molecular flexibility index (Phi) is 3.15. The second-order valence-corrected chi connectivity index (χ2v) is 2.68. The number of rotatable bonds is 3. The fraction of sp³-hybridized carbons (Fsp3) is 0.444. The van der Waals surface area contributed by atoms with Crippen LogP contribution < -0.4 is 4.57 Å². The molecule has 1 unspecified atom stereocenters. The van der Waals surface area contributed by atoms with E-state index < -0.39 is 0 Å². The first kappa shape index (κ1) is 8.31. The van der Waals surface area contributed by atoms with Crippen LogP contribution in [0.25, 0.3) is 0 Å². The van der Waals surface area contributed by atoms with Crippen LogP contribution in [0.2, 0.25) is 0 Å². The van der Waals surface area contributed by atoms with E-state index in [0.29, 0.717) is 0 Å². The molecule has 2 heteroatoms. The van der Waals surface area contributed by atoms with Gasteiger partial charge in [0.2, 0.25) is 0 Å². The summed E-state index contributed by atoms with van der Waals surface area (Å²) in [5.74, 6) is 0.140. The molecular weight excluding hydrogens is 133 g/mol. The first-order chi connectivity index (χ1) is 5.34. The van der Waals surface area contributed by atoms with Crippen molar-refractivity contribution in [2.24, 2.45) is 0 Å². The number of hydrogen-bond donors (Lipinski definition) is 0. The molecule has 0 spiro atoms. The third kappa shape index (κ3) is 2.37. The van der Waals surface area contributed by atoms with Crippen LogP contribution in [0, 0.1) is 0 Å². The summed E-state index contributed by atoms with van der Waals surface area (Å²) in [5, 5.41) is 0. The van der Waals surface area contributed by atoms with E-state index in [0.717, 1.165) is 12.8 Å². The van der Waals surface area contributed by atoms with E-state index in [1.807, 2.05) is 35.2 Å². The highest BCUT2D eigenvalue weighted by Gasteiger charge is 2.07. The molecule has 0 bridgehead atoms. The minimum absolute atomic E-state index is 0.140. The van der Waals surface area contributed by atoms with Crippen molar-refractivity contribution in [2.45, 2.75) is 25.7 Å². The van der Waals surface area contributed by atoms with Crippen molar-refractivity contribution < 1.29 is 4.57 Å². The zero-order chi connectivity index (χ0) is 8.10. The lowest BCUT2D eigenvalue weighted by molar-refractivity contribution is -0.703. The Morgan fingerprint density at radius 2 is 1.91 bits per heavy atom. The monoisotopic (exact) mass is 146 g/mol.